The van der Waals surface area contributed by atoms with Crippen molar-refractivity contribution in [2.75, 3.05) is 10.0 Å². The molecule has 0 aliphatic rings. The van der Waals surface area contributed by atoms with Crippen molar-refractivity contribution in [3.8, 4) is 0 Å². The SMILES string of the molecule is O=C(Nc1ccc(S(=O)(=O)Nc2ccc(Cl)cc2Cl)cc1)/C(=C/c1cccc([N+](=O)[O-])c1)c1ccccc1. The molecule has 192 valence electrons. The van der Waals surface area contributed by atoms with Crippen molar-refractivity contribution in [2.24, 2.45) is 0 Å². The third-order valence-electron chi connectivity index (χ3n) is 5.32. The molecule has 0 aliphatic heterocycles. The maximum absolute atomic E-state index is 13.3. The lowest BCUT2D eigenvalue weighted by atomic mass is 10.0. The van der Waals surface area contributed by atoms with Gasteiger partial charge in [0.2, 0.25) is 0 Å². The van der Waals surface area contributed by atoms with Gasteiger partial charge in [0, 0.05) is 28.4 Å². The lowest BCUT2D eigenvalue weighted by Crippen LogP contribution is -2.15. The molecule has 4 aromatic carbocycles. The molecule has 0 atom stereocenters. The molecule has 0 unspecified atom stereocenters. The first-order valence-corrected chi connectivity index (χ1v) is 13.3. The first-order chi connectivity index (χ1) is 18.1. The molecule has 0 spiro atoms. The van der Waals surface area contributed by atoms with E-state index in [0.29, 0.717) is 21.8 Å². The summed E-state index contributed by atoms with van der Waals surface area (Å²) in [6.45, 7) is 0. The molecular weight excluding hydrogens is 549 g/mol. The summed E-state index contributed by atoms with van der Waals surface area (Å²) in [5.74, 6) is -0.482. The average Bonchev–Trinajstić information content (AvgIpc) is 2.90. The van der Waals surface area contributed by atoms with Crippen molar-refractivity contribution in [1.82, 2.24) is 0 Å². The Morgan fingerprint density at radius 3 is 2.24 bits per heavy atom. The van der Waals surface area contributed by atoms with E-state index in [-0.39, 0.29) is 26.9 Å². The number of hydrogen-bond donors (Lipinski definition) is 2. The molecule has 0 saturated carbocycles. The molecule has 1 amide bonds. The van der Waals surface area contributed by atoms with Crippen molar-refractivity contribution >= 4 is 67.8 Å². The maximum Gasteiger partial charge on any atom is 0.270 e. The van der Waals surface area contributed by atoms with Gasteiger partial charge in [0.05, 0.1) is 20.5 Å². The van der Waals surface area contributed by atoms with Gasteiger partial charge in [-0.1, -0.05) is 65.7 Å². The van der Waals surface area contributed by atoms with E-state index in [2.05, 4.69) is 10.0 Å². The first kappa shape index (κ1) is 26.9. The van der Waals surface area contributed by atoms with E-state index in [1.165, 1.54) is 60.7 Å². The van der Waals surface area contributed by atoms with Gasteiger partial charge in [-0.2, -0.15) is 0 Å². The van der Waals surface area contributed by atoms with E-state index >= 15 is 0 Å². The summed E-state index contributed by atoms with van der Waals surface area (Å²) in [5.41, 5.74) is 1.76. The molecule has 0 fully saturated rings. The summed E-state index contributed by atoms with van der Waals surface area (Å²) in [7, 11) is -3.96. The van der Waals surface area contributed by atoms with Crippen LogP contribution in [-0.2, 0) is 14.8 Å². The molecule has 4 rings (SSSR count). The summed E-state index contributed by atoms with van der Waals surface area (Å²) in [5, 5.41) is 14.4. The van der Waals surface area contributed by atoms with E-state index in [4.69, 9.17) is 23.2 Å². The van der Waals surface area contributed by atoms with Gasteiger partial charge in [-0.3, -0.25) is 19.6 Å². The third-order valence-corrected chi connectivity index (χ3v) is 7.25. The number of amides is 1. The van der Waals surface area contributed by atoms with E-state index in [9.17, 15) is 23.3 Å². The van der Waals surface area contributed by atoms with Gasteiger partial charge in [0.15, 0.2) is 0 Å². The summed E-state index contributed by atoms with van der Waals surface area (Å²) < 4.78 is 28.0. The number of carbonyl (C=O) groups is 1. The number of hydrogen-bond acceptors (Lipinski definition) is 5. The van der Waals surface area contributed by atoms with Crippen LogP contribution in [0.3, 0.4) is 0 Å². The highest BCUT2D eigenvalue weighted by Gasteiger charge is 2.18. The lowest BCUT2D eigenvalue weighted by molar-refractivity contribution is -0.384. The fraction of sp³-hybridized carbons (Fsp3) is 0. The molecule has 0 aliphatic carbocycles. The minimum absolute atomic E-state index is 0.0445. The molecular formula is C27H19Cl2N3O5S. The molecule has 8 nitrogen and oxygen atoms in total. The van der Waals surface area contributed by atoms with Crippen molar-refractivity contribution in [3.05, 3.63) is 128 Å². The predicted molar refractivity (Wildman–Crippen MR) is 150 cm³/mol. The zero-order valence-corrected chi connectivity index (χ0v) is 21.8. The molecule has 11 heteroatoms. The van der Waals surface area contributed by atoms with Crippen LogP contribution in [0.15, 0.2) is 102 Å². The monoisotopic (exact) mass is 567 g/mol. The van der Waals surface area contributed by atoms with Crippen LogP contribution in [0.2, 0.25) is 10.0 Å². The van der Waals surface area contributed by atoms with E-state index in [1.807, 2.05) is 0 Å². The van der Waals surface area contributed by atoms with Gasteiger partial charge in [0.25, 0.3) is 21.6 Å². The van der Waals surface area contributed by atoms with Gasteiger partial charge in [0.1, 0.15) is 0 Å². The van der Waals surface area contributed by atoms with Crippen LogP contribution in [-0.4, -0.2) is 19.2 Å². The highest BCUT2D eigenvalue weighted by atomic mass is 35.5. The summed E-state index contributed by atoms with van der Waals surface area (Å²) >= 11 is 11.9. The third kappa shape index (κ3) is 6.57. The Morgan fingerprint density at radius 2 is 1.58 bits per heavy atom. The molecule has 0 saturated heterocycles. The normalized spacial score (nSPS) is 11.6. The molecule has 38 heavy (non-hydrogen) atoms. The topological polar surface area (TPSA) is 118 Å². The van der Waals surface area contributed by atoms with Gasteiger partial charge in [-0.15, -0.1) is 0 Å². The Bertz CT molecular complexity index is 1640. The highest BCUT2D eigenvalue weighted by molar-refractivity contribution is 7.92. The quantitative estimate of drug-likeness (QED) is 0.104. The number of nitro groups is 1. The summed E-state index contributed by atoms with van der Waals surface area (Å²) in [6.07, 6.45) is 1.55. The van der Waals surface area contributed by atoms with Gasteiger partial charge in [-0.05, 0) is 59.7 Å². The van der Waals surface area contributed by atoms with Crippen LogP contribution < -0.4 is 10.0 Å². The second-order valence-corrected chi connectivity index (χ2v) is 10.5. The fourth-order valence-corrected chi connectivity index (χ4v) is 5.08. The van der Waals surface area contributed by atoms with Crippen LogP contribution in [0.5, 0.6) is 0 Å². The van der Waals surface area contributed by atoms with Crippen molar-refractivity contribution < 1.29 is 18.1 Å². The number of anilines is 2. The second kappa shape index (κ2) is 11.5. The minimum atomic E-state index is -3.96. The molecule has 0 bridgehead atoms. The van der Waals surface area contributed by atoms with Crippen LogP contribution in [0.4, 0.5) is 17.1 Å². The number of halogens is 2. The molecule has 4 aromatic rings. The number of nitrogens with zero attached hydrogens (tertiary/aromatic N) is 1. The number of nitro benzene ring substituents is 1. The smallest absolute Gasteiger partial charge is 0.270 e. The van der Waals surface area contributed by atoms with Gasteiger partial charge in [-0.25, -0.2) is 8.42 Å². The van der Waals surface area contributed by atoms with Crippen molar-refractivity contribution in [3.63, 3.8) is 0 Å². The largest absolute Gasteiger partial charge is 0.322 e. The van der Waals surface area contributed by atoms with Gasteiger partial charge < -0.3 is 5.32 Å². The lowest BCUT2D eigenvalue weighted by Gasteiger charge is -2.12. The fourth-order valence-electron chi connectivity index (χ4n) is 3.48. The number of non-ortho nitro benzene ring substituents is 1. The predicted octanol–water partition coefficient (Wildman–Crippen LogP) is 6.88. The first-order valence-electron chi connectivity index (χ1n) is 11.0. The van der Waals surface area contributed by atoms with Crippen molar-refractivity contribution in [1.29, 1.82) is 0 Å². The Morgan fingerprint density at radius 1 is 0.868 bits per heavy atom. The molecule has 0 aromatic heterocycles. The number of rotatable bonds is 8. The zero-order chi connectivity index (χ0) is 27.3. The number of benzene rings is 4. The van der Waals surface area contributed by atoms with E-state index in [1.54, 1.807) is 42.5 Å². The van der Waals surface area contributed by atoms with Gasteiger partial charge >= 0.3 is 0 Å². The maximum atomic E-state index is 13.3. The van der Waals surface area contributed by atoms with Crippen LogP contribution in [0, 0.1) is 10.1 Å². The standard InChI is InChI=1S/C27H19Cl2N3O5S/c28-20-9-14-26(25(29)17-20)31-38(36,37)23-12-10-21(11-13-23)30-27(33)24(19-6-2-1-3-7-19)16-18-5-4-8-22(15-18)32(34)35/h1-17,31H,(H,30,33)/b24-16+. The molecule has 0 radical (unpaired) electrons. The van der Waals surface area contributed by atoms with Crippen molar-refractivity contribution in [2.45, 2.75) is 4.90 Å². The minimum Gasteiger partial charge on any atom is -0.322 e. The average molecular weight is 568 g/mol. The Balaban J connectivity index is 1.58. The second-order valence-electron chi connectivity index (χ2n) is 7.98. The number of carbonyl (C=O) groups excluding carboxylic acids is 1. The number of sulfonamides is 1. The molecule has 2 N–H and O–H groups in total. The summed E-state index contributed by atoms with van der Waals surface area (Å²) in [4.78, 5) is 23.9. The van der Waals surface area contributed by atoms with E-state index in [0.717, 1.165) is 0 Å². The Kier molecular flexibility index (Phi) is 8.11. The molecule has 0 heterocycles. The van der Waals surface area contributed by atoms with E-state index < -0.39 is 20.9 Å². The van der Waals surface area contributed by atoms with Crippen LogP contribution in [0.25, 0.3) is 11.6 Å². The van der Waals surface area contributed by atoms with Crippen LogP contribution >= 0.6 is 23.2 Å². The highest BCUT2D eigenvalue weighted by Crippen LogP contribution is 2.28. The Hall–Kier alpha value is -4.18. The van der Waals surface area contributed by atoms with Crippen LogP contribution in [0.1, 0.15) is 11.1 Å². The number of nitrogens with one attached hydrogen (secondary N) is 2. The zero-order valence-electron chi connectivity index (χ0n) is 19.5. The summed E-state index contributed by atoms with van der Waals surface area (Å²) in [6, 6.07) is 24.7. The Labute approximate surface area is 228 Å².